The molecular formula is C23H37N3O2. The molecule has 156 valence electrons. The molecule has 3 aliphatic rings. The van der Waals surface area contributed by atoms with Crippen molar-refractivity contribution in [2.24, 2.45) is 11.8 Å². The Balaban J connectivity index is 1.28. The lowest BCUT2D eigenvalue weighted by atomic mass is 9.74. The number of ether oxygens (including phenoxy) is 2. The summed E-state index contributed by atoms with van der Waals surface area (Å²) in [5.74, 6) is 2.53. The molecule has 3 fully saturated rings. The molecule has 4 rings (SSSR count). The first-order chi connectivity index (χ1) is 13.8. The number of hydrogen-bond acceptors (Lipinski definition) is 5. The first-order valence-corrected chi connectivity index (χ1v) is 11.5. The van der Waals surface area contributed by atoms with Crippen LogP contribution in [0.2, 0.25) is 0 Å². The summed E-state index contributed by atoms with van der Waals surface area (Å²) in [6, 6.07) is 2.68. The Bertz CT molecular complexity index is 605. The van der Waals surface area contributed by atoms with Crippen molar-refractivity contribution in [3.05, 3.63) is 18.5 Å². The number of nitrogens with zero attached hydrogens (tertiary/aromatic N) is 2. The molecule has 1 N–H and O–H groups in total. The molecule has 2 aliphatic heterocycles. The molecule has 1 aliphatic carbocycles. The molecule has 1 aromatic rings. The minimum absolute atomic E-state index is 0.495. The van der Waals surface area contributed by atoms with Crippen LogP contribution in [0.1, 0.15) is 58.3 Å². The van der Waals surface area contributed by atoms with Gasteiger partial charge in [-0.1, -0.05) is 13.3 Å². The summed E-state index contributed by atoms with van der Waals surface area (Å²) in [6.07, 6.45) is 14.3. The molecular weight excluding hydrogens is 350 g/mol. The number of pyridine rings is 1. The van der Waals surface area contributed by atoms with Crippen molar-refractivity contribution < 1.29 is 9.47 Å². The summed E-state index contributed by atoms with van der Waals surface area (Å²) >= 11 is 0. The molecule has 2 unspecified atom stereocenters. The van der Waals surface area contributed by atoms with Crippen LogP contribution in [0.4, 0.5) is 5.69 Å². The van der Waals surface area contributed by atoms with Gasteiger partial charge in [-0.2, -0.15) is 0 Å². The van der Waals surface area contributed by atoms with Gasteiger partial charge in [0.15, 0.2) is 0 Å². The summed E-state index contributed by atoms with van der Waals surface area (Å²) in [5, 5.41) is 3.49. The molecule has 1 saturated carbocycles. The van der Waals surface area contributed by atoms with Crippen LogP contribution in [0.5, 0.6) is 5.75 Å². The fraction of sp³-hybridized carbons (Fsp3) is 0.783. The third-order valence-corrected chi connectivity index (χ3v) is 6.85. The minimum atomic E-state index is 0.495. The van der Waals surface area contributed by atoms with Crippen molar-refractivity contribution in [3.8, 4) is 5.75 Å². The van der Waals surface area contributed by atoms with Crippen molar-refractivity contribution in [1.29, 1.82) is 0 Å². The molecule has 0 radical (unpaired) electrons. The zero-order valence-electron chi connectivity index (χ0n) is 17.4. The Morgan fingerprint density at radius 3 is 3.00 bits per heavy atom. The van der Waals surface area contributed by atoms with Crippen molar-refractivity contribution >= 4 is 5.69 Å². The number of hydrogen-bond donors (Lipinski definition) is 1. The SMILES string of the molecule is CCCCO[C@@H]1CCC2CN(c3cncc(OC[C@@H]4CCCN4)c3)CCC2C1. The van der Waals surface area contributed by atoms with Crippen LogP contribution >= 0.6 is 0 Å². The summed E-state index contributed by atoms with van der Waals surface area (Å²) in [4.78, 5) is 6.98. The Morgan fingerprint density at radius 2 is 2.14 bits per heavy atom. The van der Waals surface area contributed by atoms with Crippen molar-refractivity contribution in [2.75, 3.05) is 37.7 Å². The molecule has 2 saturated heterocycles. The molecule has 28 heavy (non-hydrogen) atoms. The highest BCUT2D eigenvalue weighted by Crippen LogP contribution is 2.39. The number of fused-ring (bicyclic) bond motifs is 1. The second-order valence-corrected chi connectivity index (χ2v) is 8.90. The van der Waals surface area contributed by atoms with Gasteiger partial charge in [-0.15, -0.1) is 0 Å². The monoisotopic (exact) mass is 387 g/mol. The van der Waals surface area contributed by atoms with E-state index in [1.54, 1.807) is 0 Å². The molecule has 0 spiro atoms. The topological polar surface area (TPSA) is 46.6 Å². The fourth-order valence-electron chi connectivity index (χ4n) is 5.11. The van der Waals surface area contributed by atoms with E-state index in [-0.39, 0.29) is 0 Å². The lowest BCUT2D eigenvalue weighted by Gasteiger charge is -2.44. The predicted molar refractivity (Wildman–Crippen MR) is 113 cm³/mol. The first-order valence-electron chi connectivity index (χ1n) is 11.5. The molecule has 5 heteroatoms. The summed E-state index contributed by atoms with van der Waals surface area (Å²) in [7, 11) is 0. The van der Waals surface area contributed by atoms with Gasteiger partial charge in [-0.25, -0.2) is 0 Å². The van der Waals surface area contributed by atoms with E-state index in [1.807, 2.05) is 12.4 Å². The smallest absolute Gasteiger partial charge is 0.139 e. The third kappa shape index (κ3) is 5.18. The number of piperidine rings is 1. The Morgan fingerprint density at radius 1 is 1.18 bits per heavy atom. The predicted octanol–water partition coefficient (Wildman–Crippen LogP) is 4.02. The van der Waals surface area contributed by atoms with Gasteiger partial charge < -0.3 is 19.7 Å². The Kier molecular flexibility index (Phi) is 7.08. The normalized spacial score (nSPS) is 30.2. The van der Waals surface area contributed by atoms with Gasteiger partial charge in [0, 0.05) is 31.8 Å². The zero-order valence-corrected chi connectivity index (χ0v) is 17.4. The van der Waals surface area contributed by atoms with E-state index < -0.39 is 0 Å². The summed E-state index contributed by atoms with van der Waals surface area (Å²) in [5.41, 5.74) is 1.22. The highest BCUT2D eigenvalue weighted by Gasteiger charge is 2.35. The average molecular weight is 388 g/mol. The molecule has 0 amide bonds. The van der Waals surface area contributed by atoms with Gasteiger partial charge in [0.1, 0.15) is 12.4 Å². The van der Waals surface area contributed by atoms with Crippen LogP contribution in [0.3, 0.4) is 0 Å². The van der Waals surface area contributed by atoms with E-state index in [1.165, 1.54) is 57.1 Å². The largest absolute Gasteiger partial charge is 0.490 e. The average Bonchev–Trinajstić information content (AvgIpc) is 3.26. The van der Waals surface area contributed by atoms with Crippen molar-refractivity contribution in [2.45, 2.75) is 70.4 Å². The van der Waals surface area contributed by atoms with E-state index in [4.69, 9.17) is 9.47 Å². The Hall–Kier alpha value is -1.33. The number of anilines is 1. The molecule has 4 atom stereocenters. The Labute approximate surface area is 170 Å². The van der Waals surface area contributed by atoms with Crippen LogP contribution < -0.4 is 15.0 Å². The van der Waals surface area contributed by atoms with Gasteiger partial charge in [0.2, 0.25) is 0 Å². The fourth-order valence-corrected chi connectivity index (χ4v) is 5.11. The lowest BCUT2D eigenvalue weighted by Crippen LogP contribution is -2.44. The van der Waals surface area contributed by atoms with Crippen molar-refractivity contribution in [3.63, 3.8) is 0 Å². The quantitative estimate of drug-likeness (QED) is 0.683. The van der Waals surface area contributed by atoms with E-state index in [0.717, 1.165) is 50.4 Å². The molecule has 0 aromatic carbocycles. The molecule has 1 aromatic heterocycles. The number of unbranched alkanes of at least 4 members (excludes halogenated alkanes) is 1. The standard InChI is InChI=1S/C23H37N3O2/c1-2-3-11-27-22-7-6-19-16-26(10-8-18(19)12-22)21-13-23(15-24-14-21)28-17-20-5-4-9-25-20/h13-15,18-20,22,25H,2-12,16-17H2,1H3/t18?,19?,20-,22+/m0/s1. The van der Waals surface area contributed by atoms with Crippen LogP contribution in [0.25, 0.3) is 0 Å². The van der Waals surface area contributed by atoms with Crippen molar-refractivity contribution in [1.82, 2.24) is 10.3 Å². The minimum Gasteiger partial charge on any atom is -0.490 e. The summed E-state index contributed by atoms with van der Waals surface area (Å²) < 4.78 is 12.1. The van der Waals surface area contributed by atoms with E-state index in [2.05, 4.69) is 28.2 Å². The van der Waals surface area contributed by atoms with Crippen LogP contribution in [0, 0.1) is 11.8 Å². The molecule has 0 bridgehead atoms. The summed E-state index contributed by atoms with van der Waals surface area (Å²) in [6.45, 7) is 7.32. The van der Waals surface area contributed by atoms with Gasteiger partial charge in [0.05, 0.1) is 24.2 Å². The first kappa shape index (κ1) is 20.0. The van der Waals surface area contributed by atoms with Gasteiger partial charge >= 0.3 is 0 Å². The van der Waals surface area contributed by atoms with E-state index in [0.29, 0.717) is 12.1 Å². The number of nitrogens with one attached hydrogen (secondary N) is 1. The number of aromatic nitrogens is 1. The van der Waals surface area contributed by atoms with Crippen LogP contribution in [0.15, 0.2) is 18.5 Å². The maximum Gasteiger partial charge on any atom is 0.139 e. The second-order valence-electron chi connectivity index (χ2n) is 8.90. The van der Waals surface area contributed by atoms with Crippen LogP contribution in [-0.4, -0.2) is 50.0 Å². The van der Waals surface area contributed by atoms with Gasteiger partial charge in [-0.05, 0) is 63.3 Å². The molecule has 3 heterocycles. The highest BCUT2D eigenvalue weighted by atomic mass is 16.5. The third-order valence-electron chi connectivity index (χ3n) is 6.85. The van der Waals surface area contributed by atoms with Crippen LogP contribution in [-0.2, 0) is 4.74 Å². The lowest BCUT2D eigenvalue weighted by molar-refractivity contribution is -0.00840. The van der Waals surface area contributed by atoms with E-state index >= 15 is 0 Å². The second kappa shape index (κ2) is 9.93. The maximum atomic E-state index is 6.12. The van der Waals surface area contributed by atoms with E-state index in [9.17, 15) is 0 Å². The molecule has 5 nitrogen and oxygen atoms in total. The highest BCUT2D eigenvalue weighted by molar-refractivity contribution is 5.48. The zero-order chi connectivity index (χ0) is 19.2. The van der Waals surface area contributed by atoms with Gasteiger partial charge in [-0.3, -0.25) is 4.98 Å². The number of rotatable bonds is 8. The van der Waals surface area contributed by atoms with Gasteiger partial charge in [0.25, 0.3) is 0 Å². The maximum absolute atomic E-state index is 6.12.